The van der Waals surface area contributed by atoms with E-state index in [2.05, 4.69) is 4.74 Å². The highest BCUT2D eigenvalue weighted by Crippen LogP contribution is 2.21. The van der Waals surface area contributed by atoms with Crippen molar-refractivity contribution in [3.05, 3.63) is 0 Å². The number of rotatable bonds is 2. The second-order valence-corrected chi connectivity index (χ2v) is 5.86. The third-order valence-electron chi connectivity index (χ3n) is 2.74. The summed E-state index contributed by atoms with van der Waals surface area (Å²) >= 11 is 0. The fraction of sp³-hybridized carbons (Fsp3) is 0.750. The Kier molecular flexibility index (Phi) is 2.62. The summed E-state index contributed by atoms with van der Waals surface area (Å²) in [7, 11) is -3.26. The van der Waals surface area contributed by atoms with Crippen molar-refractivity contribution in [1.29, 1.82) is 0 Å². The summed E-state index contributed by atoms with van der Waals surface area (Å²) in [5, 5.41) is 0. The molecule has 0 aromatic rings. The van der Waals surface area contributed by atoms with Crippen molar-refractivity contribution in [3.63, 3.8) is 0 Å². The molecule has 90 valence electrons. The Bertz CT molecular complexity index is 416. The van der Waals surface area contributed by atoms with E-state index in [4.69, 9.17) is 0 Å². The molecule has 2 aliphatic heterocycles. The molecular weight excluding hydrogens is 236 g/mol. The number of ether oxygens (including phenoxy) is 1. The SMILES string of the molecule is CS(=O)(=O)N1CCC(N2C(=O)COC2=O)C1. The highest BCUT2D eigenvalue weighted by atomic mass is 32.2. The molecule has 2 aliphatic rings. The third-order valence-corrected chi connectivity index (χ3v) is 4.01. The zero-order valence-corrected chi connectivity index (χ0v) is 9.57. The molecule has 8 heteroatoms. The summed E-state index contributed by atoms with van der Waals surface area (Å²) in [6.07, 6.45) is 0.901. The largest absolute Gasteiger partial charge is 0.439 e. The maximum Gasteiger partial charge on any atom is 0.417 e. The van der Waals surface area contributed by atoms with Crippen molar-refractivity contribution < 1.29 is 22.7 Å². The fourth-order valence-electron chi connectivity index (χ4n) is 1.94. The number of carbonyl (C=O) groups is 2. The Morgan fingerprint density at radius 1 is 1.38 bits per heavy atom. The lowest BCUT2D eigenvalue weighted by Gasteiger charge is -2.19. The van der Waals surface area contributed by atoms with Crippen molar-refractivity contribution in [2.45, 2.75) is 12.5 Å². The quantitative estimate of drug-likeness (QED) is 0.625. The van der Waals surface area contributed by atoms with E-state index in [9.17, 15) is 18.0 Å². The molecule has 0 radical (unpaired) electrons. The van der Waals surface area contributed by atoms with Crippen molar-refractivity contribution in [2.75, 3.05) is 26.0 Å². The Balaban J connectivity index is 2.09. The zero-order chi connectivity index (χ0) is 11.9. The Labute approximate surface area is 93.0 Å². The molecule has 7 nitrogen and oxygen atoms in total. The van der Waals surface area contributed by atoms with Crippen LogP contribution in [0, 0.1) is 0 Å². The molecule has 1 unspecified atom stereocenters. The van der Waals surface area contributed by atoms with Gasteiger partial charge in [-0.2, -0.15) is 0 Å². The highest BCUT2D eigenvalue weighted by Gasteiger charge is 2.41. The number of imide groups is 1. The van der Waals surface area contributed by atoms with Gasteiger partial charge >= 0.3 is 6.09 Å². The average molecular weight is 248 g/mol. The van der Waals surface area contributed by atoms with Gasteiger partial charge in [0.25, 0.3) is 5.91 Å². The summed E-state index contributed by atoms with van der Waals surface area (Å²) in [5.41, 5.74) is 0. The lowest BCUT2D eigenvalue weighted by atomic mass is 10.2. The van der Waals surface area contributed by atoms with Crippen molar-refractivity contribution in [2.24, 2.45) is 0 Å². The Morgan fingerprint density at radius 2 is 2.06 bits per heavy atom. The van der Waals surface area contributed by atoms with Crippen LogP contribution in [0.5, 0.6) is 0 Å². The zero-order valence-electron chi connectivity index (χ0n) is 8.75. The van der Waals surface area contributed by atoms with Crippen molar-refractivity contribution in [3.8, 4) is 0 Å². The number of hydrogen-bond acceptors (Lipinski definition) is 5. The predicted octanol–water partition coefficient (Wildman–Crippen LogP) is -1.00. The van der Waals surface area contributed by atoms with E-state index < -0.39 is 28.1 Å². The molecular formula is C8H12N2O5S. The van der Waals surface area contributed by atoms with Gasteiger partial charge in [-0.1, -0.05) is 0 Å². The normalized spacial score (nSPS) is 27.6. The maximum absolute atomic E-state index is 11.3. The first kappa shape index (κ1) is 11.3. The van der Waals surface area contributed by atoms with Crippen LogP contribution in [0.2, 0.25) is 0 Å². The molecule has 0 aromatic carbocycles. The minimum atomic E-state index is -3.26. The number of sulfonamides is 1. The molecule has 2 fully saturated rings. The van der Waals surface area contributed by atoms with Gasteiger partial charge in [-0.15, -0.1) is 0 Å². The van der Waals surface area contributed by atoms with Crippen LogP contribution in [-0.2, 0) is 19.6 Å². The molecule has 0 saturated carbocycles. The number of nitrogens with zero attached hydrogens (tertiary/aromatic N) is 2. The summed E-state index contributed by atoms with van der Waals surface area (Å²) in [6.45, 7) is 0.258. The lowest BCUT2D eigenvalue weighted by Crippen LogP contribution is -2.41. The smallest absolute Gasteiger partial charge is 0.417 e. The molecule has 16 heavy (non-hydrogen) atoms. The minimum Gasteiger partial charge on any atom is -0.439 e. The van der Waals surface area contributed by atoms with Gasteiger partial charge in [0.15, 0.2) is 6.61 Å². The third kappa shape index (κ3) is 1.90. The molecule has 0 spiro atoms. The number of cyclic esters (lactones) is 1. The fourth-order valence-corrected chi connectivity index (χ4v) is 2.82. The predicted molar refractivity (Wildman–Crippen MR) is 53.0 cm³/mol. The summed E-state index contributed by atoms with van der Waals surface area (Å²) in [4.78, 5) is 23.6. The molecule has 1 atom stereocenters. The molecule has 0 aliphatic carbocycles. The van der Waals surface area contributed by atoms with E-state index in [0.29, 0.717) is 13.0 Å². The monoisotopic (exact) mass is 248 g/mol. The molecule has 2 amide bonds. The van der Waals surface area contributed by atoms with Crippen LogP contribution in [0.25, 0.3) is 0 Å². The van der Waals surface area contributed by atoms with Gasteiger partial charge in [-0.05, 0) is 6.42 Å². The van der Waals surface area contributed by atoms with E-state index in [1.165, 1.54) is 4.31 Å². The second-order valence-electron chi connectivity index (χ2n) is 3.88. The molecule has 2 heterocycles. The van der Waals surface area contributed by atoms with Crippen LogP contribution < -0.4 is 0 Å². The van der Waals surface area contributed by atoms with E-state index >= 15 is 0 Å². The summed E-state index contributed by atoms with van der Waals surface area (Å²) < 4.78 is 28.4. The van der Waals surface area contributed by atoms with Crippen LogP contribution >= 0.6 is 0 Å². The molecule has 2 saturated heterocycles. The summed E-state index contributed by atoms with van der Waals surface area (Å²) in [6, 6.07) is -0.391. The number of carbonyl (C=O) groups excluding carboxylic acids is 2. The molecule has 2 rings (SSSR count). The second kappa shape index (κ2) is 3.70. The van der Waals surface area contributed by atoms with Crippen molar-refractivity contribution >= 4 is 22.0 Å². The van der Waals surface area contributed by atoms with E-state index in [0.717, 1.165) is 11.2 Å². The van der Waals surface area contributed by atoms with E-state index in [-0.39, 0.29) is 13.2 Å². The van der Waals surface area contributed by atoms with Crippen LogP contribution in [0.1, 0.15) is 6.42 Å². The molecule has 0 N–H and O–H groups in total. The lowest BCUT2D eigenvalue weighted by molar-refractivity contribution is -0.127. The van der Waals surface area contributed by atoms with E-state index in [1.807, 2.05) is 0 Å². The first-order chi connectivity index (χ1) is 7.39. The summed E-state index contributed by atoms with van der Waals surface area (Å²) in [5.74, 6) is -0.398. The average Bonchev–Trinajstić information content (AvgIpc) is 2.72. The van der Waals surface area contributed by atoms with Gasteiger partial charge < -0.3 is 4.74 Å². The van der Waals surface area contributed by atoms with E-state index in [1.54, 1.807) is 0 Å². The Morgan fingerprint density at radius 3 is 2.50 bits per heavy atom. The molecule has 0 aromatic heterocycles. The van der Waals surface area contributed by atoms with Gasteiger partial charge in [0, 0.05) is 13.1 Å². The van der Waals surface area contributed by atoms with Crippen LogP contribution in [0.15, 0.2) is 0 Å². The van der Waals surface area contributed by atoms with Crippen LogP contribution in [0.4, 0.5) is 4.79 Å². The first-order valence-corrected chi connectivity index (χ1v) is 6.68. The van der Waals surface area contributed by atoms with Crippen molar-refractivity contribution in [1.82, 2.24) is 9.21 Å². The standard InChI is InChI=1S/C8H12N2O5S/c1-16(13,14)9-3-2-6(4-9)10-7(11)5-15-8(10)12/h6H,2-5H2,1H3. The van der Waals surface area contributed by atoms with Gasteiger partial charge in [-0.3, -0.25) is 4.79 Å². The van der Waals surface area contributed by atoms with Crippen LogP contribution in [0.3, 0.4) is 0 Å². The minimum absolute atomic E-state index is 0.166. The topological polar surface area (TPSA) is 84.0 Å². The van der Waals surface area contributed by atoms with Gasteiger partial charge in [0.1, 0.15) is 0 Å². The number of amides is 2. The first-order valence-electron chi connectivity index (χ1n) is 4.83. The Hall–Kier alpha value is -1.15. The number of hydrogen-bond donors (Lipinski definition) is 0. The van der Waals surface area contributed by atoms with Gasteiger partial charge in [-0.25, -0.2) is 22.4 Å². The van der Waals surface area contributed by atoms with Gasteiger partial charge in [0.2, 0.25) is 10.0 Å². The maximum atomic E-state index is 11.3. The molecule has 0 bridgehead atoms. The van der Waals surface area contributed by atoms with Crippen LogP contribution in [-0.4, -0.2) is 61.6 Å². The van der Waals surface area contributed by atoms with Gasteiger partial charge in [0.05, 0.1) is 12.3 Å². The highest BCUT2D eigenvalue weighted by molar-refractivity contribution is 7.88.